The van der Waals surface area contributed by atoms with Gasteiger partial charge in [-0.3, -0.25) is 9.88 Å². The molecule has 1 aromatic rings. The minimum absolute atomic E-state index is 0.0935. The standard InChI is InChI=1S/C17H28N2O/c1-14-6-5-9-17(10-14,13-20)12-19(3)11-16-8-4-7-15(2)18-16/h4,7-8,14,20H,5-6,9-13H2,1-3H3. The fourth-order valence-corrected chi connectivity index (χ4v) is 3.70. The van der Waals surface area contributed by atoms with E-state index < -0.39 is 0 Å². The normalized spacial score (nSPS) is 26.9. The second kappa shape index (κ2) is 6.68. The van der Waals surface area contributed by atoms with Gasteiger partial charge in [0.1, 0.15) is 0 Å². The monoisotopic (exact) mass is 276 g/mol. The lowest BCUT2D eigenvalue weighted by Crippen LogP contribution is -2.41. The molecule has 0 aromatic carbocycles. The maximum Gasteiger partial charge on any atom is 0.0547 e. The van der Waals surface area contributed by atoms with Gasteiger partial charge in [0.15, 0.2) is 0 Å². The first kappa shape index (κ1) is 15.5. The van der Waals surface area contributed by atoms with Gasteiger partial charge in [0.05, 0.1) is 5.69 Å². The van der Waals surface area contributed by atoms with Gasteiger partial charge in [-0.25, -0.2) is 0 Å². The van der Waals surface area contributed by atoms with E-state index in [-0.39, 0.29) is 5.41 Å². The van der Waals surface area contributed by atoms with Crippen LogP contribution in [0.15, 0.2) is 18.2 Å². The highest BCUT2D eigenvalue weighted by Crippen LogP contribution is 2.39. The van der Waals surface area contributed by atoms with E-state index in [1.165, 1.54) is 12.8 Å². The summed E-state index contributed by atoms with van der Waals surface area (Å²) in [6.07, 6.45) is 4.86. The molecule has 2 rings (SSSR count). The number of aromatic nitrogens is 1. The van der Waals surface area contributed by atoms with Crippen LogP contribution < -0.4 is 0 Å². The maximum atomic E-state index is 9.88. The molecule has 0 spiro atoms. The molecule has 0 amide bonds. The van der Waals surface area contributed by atoms with Crippen molar-refractivity contribution in [2.75, 3.05) is 20.2 Å². The van der Waals surface area contributed by atoms with Crippen LogP contribution >= 0.6 is 0 Å². The van der Waals surface area contributed by atoms with Gasteiger partial charge in [0.25, 0.3) is 0 Å². The molecule has 2 unspecified atom stereocenters. The molecule has 1 N–H and O–H groups in total. The van der Waals surface area contributed by atoms with E-state index in [1.54, 1.807) is 0 Å². The summed E-state index contributed by atoms with van der Waals surface area (Å²) < 4.78 is 0. The van der Waals surface area contributed by atoms with E-state index in [0.29, 0.717) is 6.61 Å². The largest absolute Gasteiger partial charge is 0.396 e. The number of aliphatic hydroxyl groups is 1. The first-order valence-electron chi connectivity index (χ1n) is 7.75. The molecule has 0 aliphatic heterocycles. The summed E-state index contributed by atoms with van der Waals surface area (Å²) in [5, 5.41) is 9.88. The molecule has 3 heteroatoms. The SMILES string of the molecule is Cc1cccc(CN(C)CC2(CO)CCCC(C)C2)n1. The van der Waals surface area contributed by atoms with Crippen LogP contribution in [-0.4, -0.2) is 35.2 Å². The van der Waals surface area contributed by atoms with Gasteiger partial charge in [0, 0.05) is 30.8 Å². The molecule has 3 nitrogen and oxygen atoms in total. The van der Waals surface area contributed by atoms with Crippen LogP contribution in [0.3, 0.4) is 0 Å². The number of hydrogen-bond donors (Lipinski definition) is 1. The van der Waals surface area contributed by atoms with E-state index in [2.05, 4.69) is 36.0 Å². The third kappa shape index (κ3) is 4.03. The summed E-state index contributed by atoms with van der Waals surface area (Å²) in [4.78, 5) is 6.88. The summed E-state index contributed by atoms with van der Waals surface area (Å²) in [6.45, 7) is 6.47. The molecule has 112 valence electrons. The van der Waals surface area contributed by atoms with Crippen LogP contribution in [0, 0.1) is 18.3 Å². The van der Waals surface area contributed by atoms with Crippen molar-refractivity contribution in [2.45, 2.75) is 46.1 Å². The lowest BCUT2D eigenvalue weighted by atomic mass is 9.70. The van der Waals surface area contributed by atoms with Gasteiger partial charge in [-0.2, -0.15) is 0 Å². The van der Waals surface area contributed by atoms with Crippen LogP contribution in [0.25, 0.3) is 0 Å². The van der Waals surface area contributed by atoms with Crippen molar-refractivity contribution in [3.8, 4) is 0 Å². The third-order valence-electron chi connectivity index (χ3n) is 4.50. The Morgan fingerprint density at radius 2 is 2.25 bits per heavy atom. The molecule has 0 bridgehead atoms. The fourth-order valence-electron chi connectivity index (χ4n) is 3.70. The average molecular weight is 276 g/mol. The predicted octanol–water partition coefficient (Wildman–Crippen LogP) is 3.01. The number of rotatable bonds is 5. The highest BCUT2D eigenvalue weighted by Gasteiger charge is 2.35. The topological polar surface area (TPSA) is 36.4 Å². The van der Waals surface area contributed by atoms with Gasteiger partial charge in [-0.05, 0) is 44.9 Å². The van der Waals surface area contributed by atoms with Crippen molar-refractivity contribution in [1.82, 2.24) is 9.88 Å². The zero-order valence-electron chi connectivity index (χ0n) is 13.1. The van der Waals surface area contributed by atoms with Crippen LogP contribution in [0.4, 0.5) is 0 Å². The van der Waals surface area contributed by atoms with Crippen molar-refractivity contribution in [3.63, 3.8) is 0 Å². The van der Waals surface area contributed by atoms with E-state index in [1.807, 2.05) is 13.0 Å². The molecule has 0 saturated heterocycles. The van der Waals surface area contributed by atoms with E-state index in [9.17, 15) is 5.11 Å². The Kier molecular flexibility index (Phi) is 5.17. The smallest absolute Gasteiger partial charge is 0.0547 e. The first-order chi connectivity index (χ1) is 9.53. The average Bonchev–Trinajstić information content (AvgIpc) is 2.38. The van der Waals surface area contributed by atoms with Crippen LogP contribution in [0.2, 0.25) is 0 Å². The molecule has 1 saturated carbocycles. The molecule has 1 heterocycles. The first-order valence-corrected chi connectivity index (χ1v) is 7.75. The predicted molar refractivity (Wildman–Crippen MR) is 82.5 cm³/mol. The Morgan fingerprint density at radius 1 is 1.45 bits per heavy atom. The van der Waals surface area contributed by atoms with Gasteiger partial charge < -0.3 is 5.11 Å². The van der Waals surface area contributed by atoms with E-state index in [4.69, 9.17) is 0 Å². The summed E-state index contributed by atoms with van der Waals surface area (Å²) in [5.74, 6) is 0.737. The number of aliphatic hydroxyl groups excluding tert-OH is 1. The number of nitrogens with zero attached hydrogens (tertiary/aromatic N) is 2. The van der Waals surface area contributed by atoms with Crippen molar-refractivity contribution in [1.29, 1.82) is 0 Å². The van der Waals surface area contributed by atoms with Crippen molar-refractivity contribution in [2.24, 2.45) is 11.3 Å². The molecular formula is C17H28N2O. The van der Waals surface area contributed by atoms with E-state index in [0.717, 1.165) is 43.2 Å². The molecule has 1 aromatic heterocycles. The minimum atomic E-state index is 0.0935. The van der Waals surface area contributed by atoms with E-state index >= 15 is 0 Å². The quantitative estimate of drug-likeness (QED) is 0.898. The second-order valence-corrected chi connectivity index (χ2v) is 6.80. The summed E-state index contributed by atoms with van der Waals surface area (Å²) in [6, 6.07) is 6.18. The minimum Gasteiger partial charge on any atom is -0.396 e. The lowest BCUT2D eigenvalue weighted by Gasteiger charge is -2.41. The lowest BCUT2D eigenvalue weighted by molar-refractivity contribution is 0.0287. The molecule has 1 fully saturated rings. The molecule has 0 radical (unpaired) electrons. The molecule has 20 heavy (non-hydrogen) atoms. The third-order valence-corrected chi connectivity index (χ3v) is 4.50. The summed E-state index contributed by atoms with van der Waals surface area (Å²) in [7, 11) is 2.14. The van der Waals surface area contributed by atoms with Crippen molar-refractivity contribution < 1.29 is 5.11 Å². The van der Waals surface area contributed by atoms with Crippen LogP contribution in [0.5, 0.6) is 0 Å². The number of hydrogen-bond acceptors (Lipinski definition) is 3. The van der Waals surface area contributed by atoms with Gasteiger partial charge >= 0.3 is 0 Å². The Morgan fingerprint density at radius 3 is 2.90 bits per heavy atom. The van der Waals surface area contributed by atoms with Gasteiger partial charge in [-0.15, -0.1) is 0 Å². The number of pyridine rings is 1. The Labute approximate surface area is 123 Å². The Bertz CT molecular complexity index is 435. The zero-order valence-corrected chi connectivity index (χ0v) is 13.1. The zero-order chi connectivity index (χ0) is 14.6. The highest BCUT2D eigenvalue weighted by molar-refractivity contribution is 5.09. The molecule has 1 aliphatic carbocycles. The van der Waals surface area contributed by atoms with Crippen LogP contribution in [0.1, 0.15) is 44.0 Å². The Hall–Kier alpha value is -0.930. The molecule has 2 atom stereocenters. The van der Waals surface area contributed by atoms with Gasteiger partial charge in [-0.1, -0.05) is 25.8 Å². The highest BCUT2D eigenvalue weighted by atomic mass is 16.3. The Balaban J connectivity index is 1.97. The van der Waals surface area contributed by atoms with Crippen molar-refractivity contribution >= 4 is 0 Å². The van der Waals surface area contributed by atoms with Crippen LogP contribution in [-0.2, 0) is 6.54 Å². The maximum absolute atomic E-state index is 9.88. The molecular weight excluding hydrogens is 248 g/mol. The number of aryl methyl sites for hydroxylation is 1. The van der Waals surface area contributed by atoms with Crippen molar-refractivity contribution in [3.05, 3.63) is 29.6 Å². The molecule has 1 aliphatic rings. The second-order valence-electron chi connectivity index (χ2n) is 6.80. The fraction of sp³-hybridized carbons (Fsp3) is 0.706. The summed E-state index contributed by atoms with van der Waals surface area (Å²) >= 11 is 0. The summed E-state index contributed by atoms with van der Waals surface area (Å²) in [5.41, 5.74) is 2.28. The van der Waals surface area contributed by atoms with Gasteiger partial charge in [0.2, 0.25) is 0 Å².